The third-order valence-electron chi connectivity index (χ3n) is 10.2. The van der Waals surface area contributed by atoms with Gasteiger partial charge in [0, 0.05) is 28.7 Å². The normalized spacial score (nSPS) is 11.1. The molecule has 4 nitrogen and oxygen atoms in total. The summed E-state index contributed by atoms with van der Waals surface area (Å²) in [5.74, 6) is 1.47. The molecule has 7 aromatic carbocycles. The standard InChI is InChI=1S/C50H44N4/c1-33-29-35(3)48(36(4)30-33)54(49-37(5)31-34(2)32-38(49)6)43-24-22-42(23-25-43)53(46-27-28-51-50(52-46)41-18-11-8-12-19-41)45-26-21-39-15-13-14-20-44(39)47(45)40-16-9-7-10-17-40/h7-32H,1-6H3. The van der Waals surface area contributed by atoms with Crippen molar-refractivity contribution in [3.8, 4) is 22.5 Å². The van der Waals surface area contributed by atoms with Gasteiger partial charge in [0.25, 0.3) is 0 Å². The van der Waals surface area contributed by atoms with Crippen LogP contribution in [0.5, 0.6) is 0 Å². The van der Waals surface area contributed by atoms with Gasteiger partial charge < -0.3 is 4.90 Å². The number of anilines is 6. The maximum atomic E-state index is 5.23. The summed E-state index contributed by atoms with van der Waals surface area (Å²) in [6.45, 7) is 13.2. The molecular formula is C50H44N4. The van der Waals surface area contributed by atoms with E-state index in [9.17, 15) is 0 Å². The first-order valence-electron chi connectivity index (χ1n) is 18.6. The second-order valence-corrected chi connectivity index (χ2v) is 14.3. The first kappa shape index (κ1) is 34.6. The summed E-state index contributed by atoms with van der Waals surface area (Å²) in [6.07, 6.45) is 1.86. The molecule has 1 heterocycles. The van der Waals surface area contributed by atoms with E-state index in [0.717, 1.165) is 39.6 Å². The van der Waals surface area contributed by atoms with Gasteiger partial charge >= 0.3 is 0 Å². The lowest BCUT2D eigenvalue weighted by molar-refractivity contribution is 1.12. The lowest BCUT2D eigenvalue weighted by Gasteiger charge is -2.33. The monoisotopic (exact) mass is 700 g/mol. The quantitative estimate of drug-likeness (QED) is 0.158. The van der Waals surface area contributed by atoms with E-state index < -0.39 is 0 Å². The lowest BCUT2D eigenvalue weighted by Crippen LogP contribution is -2.17. The zero-order valence-electron chi connectivity index (χ0n) is 31.8. The minimum Gasteiger partial charge on any atom is -0.309 e. The fourth-order valence-corrected chi connectivity index (χ4v) is 8.12. The average Bonchev–Trinajstić information content (AvgIpc) is 3.18. The van der Waals surface area contributed by atoms with Crippen molar-refractivity contribution in [3.63, 3.8) is 0 Å². The number of aromatic nitrogens is 2. The number of rotatable bonds is 8. The van der Waals surface area contributed by atoms with Crippen LogP contribution in [0.3, 0.4) is 0 Å². The number of nitrogens with zero attached hydrogens (tertiary/aromatic N) is 4. The number of fused-ring (bicyclic) bond motifs is 1. The molecule has 4 heteroatoms. The molecule has 0 aliphatic carbocycles. The number of benzene rings is 7. The molecule has 0 fully saturated rings. The average molecular weight is 701 g/mol. The number of hydrogen-bond donors (Lipinski definition) is 0. The van der Waals surface area contributed by atoms with E-state index in [1.807, 2.05) is 30.5 Å². The SMILES string of the molecule is Cc1cc(C)c(N(c2ccc(N(c3ccnc(-c4ccccc4)n3)c3ccc4ccccc4c3-c3ccccc3)cc2)c2c(C)cc(C)cc2C)c(C)c1. The van der Waals surface area contributed by atoms with Crippen LogP contribution in [-0.4, -0.2) is 9.97 Å². The van der Waals surface area contributed by atoms with Crippen molar-refractivity contribution in [1.82, 2.24) is 9.97 Å². The highest BCUT2D eigenvalue weighted by atomic mass is 15.2. The van der Waals surface area contributed by atoms with Gasteiger partial charge in [0.05, 0.1) is 17.1 Å². The molecule has 0 aliphatic heterocycles. The molecular weight excluding hydrogens is 657 g/mol. The Morgan fingerprint density at radius 3 is 1.52 bits per heavy atom. The molecule has 0 bridgehead atoms. The minimum absolute atomic E-state index is 0.679. The summed E-state index contributed by atoms with van der Waals surface area (Å²) in [4.78, 5) is 14.7. The van der Waals surface area contributed by atoms with E-state index in [1.165, 1.54) is 55.5 Å². The van der Waals surface area contributed by atoms with Crippen LogP contribution in [-0.2, 0) is 0 Å². The summed E-state index contributed by atoms with van der Waals surface area (Å²) < 4.78 is 0. The third kappa shape index (κ3) is 6.52. The fourth-order valence-electron chi connectivity index (χ4n) is 8.12. The predicted molar refractivity (Wildman–Crippen MR) is 228 cm³/mol. The van der Waals surface area contributed by atoms with E-state index in [2.05, 4.69) is 179 Å². The maximum Gasteiger partial charge on any atom is 0.161 e. The summed E-state index contributed by atoms with van der Waals surface area (Å²) in [6, 6.07) is 54.0. The fraction of sp³-hybridized carbons (Fsp3) is 0.120. The van der Waals surface area contributed by atoms with Crippen molar-refractivity contribution in [2.45, 2.75) is 41.5 Å². The lowest BCUT2D eigenvalue weighted by atomic mass is 9.95. The topological polar surface area (TPSA) is 32.3 Å². The van der Waals surface area contributed by atoms with Crippen LogP contribution < -0.4 is 9.80 Å². The Labute approximate surface area is 319 Å². The van der Waals surface area contributed by atoms with E-state index in [-0.39, 0.29) is 0 Å². The van der Waals surface area contributed by atoms with Crippen LogP contribution in [0.25, 0.3) is 33.3 Å². The van der Waals surface area contributed by atoms with Crippen LogP contribution >= 0.6 is 0 Å². The highest BCUT2D eigenvalue weighted by Gasteiger charge is 2.24. The van der Waals surface area contributed by atoms with Gasteiger partial charge in [-0.1, -0.05) is 126 Å². The molecule has 0 saturated carbocycles. The summed E-state index contributed by atoms with van der Waals surface area (Å²) in [7, 11) is 0. The molecule has 8 rings (SSSR count). The molecule has 0 amide bonds. The summed E-state index contributed by atoms with van der Waals surface area (Å²) >= 11 is 0. The Balaban J connectivity index is 1.36. The first-order valence-corrected chi connectivity index (χ1v) is 18.6. The van der Waals surface area contributed by atoms with Gasteiger partial charge in [-0.2, -0.15) is 0 Å². The van der Waals surface area contributed by atoms with Gasteiger partial charge in [-0.3, -0.25) is 4.90 Å². The Morgan fingerprint density at radius 1 is 0.444 bits per heavy atom. The highest BCUT2D eigenvalue weighted by Crippen LogP contribution is 2.46. The second-order valence-electron chi connectivity index (χ2n) is 14.3. The Morgan fingerprint density at radius 2 is 0.944 bits per heavy atom. The molecule has 0 radical (unpaired) electrons. The zero-order valence-corrected chi connectivity index (χ0v) is 31.8. The van der Waals surface area contributed by atoms with Crippen molar-refractivity contribution in [2.75, 3.05) is 9.80 Å². The van der Waals surface area contributed by atoms with Crippen molar-refractivity contribution in [3.05, 3.63) is 191 Å². The van der Waals surface area contributed by atoms with Gasteiger partial charge in [-0.15, -0.1) is 0 Å². The molecule has 0 aliphatic rings. The molecule has 1 aromatic heterocycles. The smallest absolute Gasteiger partial charge is 0.161 e. The molecule has 54 heavy (non-hydrogen) atoms. The molecule has 264 valence electrons. The summed E-state index contributed by atoms with van der Waals surface area (Å²) in [5, 5.41) is 2.37. The summed E-state index contributed by atoms with van der Waals surface area (Å²) in [5.41, 5.74) is 16.3. The first-order chi connectivity index (χ1) is 26.3. The van der Waals surface area contributed by atoms with E-state index >= 15 is 0 Å². The van der Waals surface area contributed by atoms with Crippen molar-refractivity contribution in [2.24, 2.45) is 0 Å². The van der Waals surface area contributed by atoms with Crippen LogP contribution in [0, 0.1) is 41.5 Å². The second kappa shape index (κ2) is 14.5. The van der Waals surface area contributed by atoms with E-state index in [0.29, 0.717) is 5.82 Å². The van der Waals surface area contributed by atoms with Gasteiger partial charge in [-0.25, -0.2) is 9.97 Å². The van der Waals surface area contributed by atoms with Crippen LogP contribution in [0.4, 0.5) is 34.3 Å². The van der Waals surface area contributed by atoms with Gasteiger partial charge in [-0.05, 0) is 117 Å². The van der Waals surface area contributed by atoms with Crippen molar-refractivity contribution in [1.29, 1.82) is 0 Å². The van der Waals surface area contributed by atoms with Crippen molar-refractivity contribution >= 4 is 45.0 Å². The molecule has 0 N–H and O–H groups in total. The highest BCUT2D eigenvalue weighted by molar-refractivity contribution is 6.05. The van der Waals surface area contributed by atoms with Gasteiger partial charge in [0.2, 0.25) is 0 Å². The molecule has 0 unspecified atom stereocenters. The Bertz CT molecular complexity index is 2510. The Kier molecular flexibility index (Phi) is 9.27. The maximum absolute atomic E-state index is 5.23. The molecule has 0 atom stereocenters. The number of hydrogen-bond acceptors (Lipinski definition) is 4. The molecule has 0 spiro atoms. The van der Waals surface area contributed by atoms with Crippen LogP contribution in [0.1, 0.15) is 33.4 Å². The molecule has 0 saturated heterocycles. The largest absolute Gasteiger partial charge is 0.309 e. The van der Waals surface area contributed by atoms with Crippen LogP contribution in [0.2, 0.25) is 0 Å². The number of aryl methyl sites for hydroxylation is 6. The predicted octanol–water partition coefficient (Wildman–Crippen LogP) is 13.8. The third-order valence-corrected chi connectivity index (χ3v) is 10.2. The zero-order chi connectivity index (χ0) is 37.3. The van der Waals surface area contributed by atoms with E-state index in [4.69, 9.17) is 9.97 Å². The van der Waals surface area contributed by atoms with E-state index in [1.54, 1.807) is 0 Å². The Hall–Kier alpha value is -6.52. The minimum atomic E-state index is 0.679. The van der Waals surface area contributed by atoms with Gasteiger partial charge in [0.1, 0.15) is 5.82 Å². The van der Waals surface area contributed by atoms with Gasteiger partial charge in [0.15, 0.2) is 5.82 Å². The van der Waals surface area contributed by atoms with Crippen molar-refractivity contribution < 1.29 is 0 Å². The molecule has 8 aromatic rings. The van der Waals surface area contributed by atoms with Crippen LogP contribution in [0.15, 0.2) is 158 Å².